The number of aromatic nitrogens is 1. The fourth-order valence-corrected chi connectivity index (χ4v) is 5.15. The van der Waals surface area contributed by atoms with Gasteiger partial charge in [0, 0.05) is 63.1 Å². The van der Waals surface area contributed by atoms with E-state index in [1.807, 2.05) is 9.80 Å². The largest absolute Gasteiger partial charge is 0.387 e. The van der Waals surface area contributed by atoms with E-state index >= 15 is 0 Å². The first-order valence-electron chi connectivity index (χ1n) is 10.7. The van der Waals surface area contributed by atoms with Crippen LogP contribution in [-0.2, 0) is 11.2 Å². The maximum atomic E-state index is 13.8. The van der Waals surface area contributed by atoms with Gasteiger partial charge in [-0.2, -0.15) is 0 Å². The van der Waals surface area contributed by atoms with Crippen molar-refractivity contribution < 1.29 is 23.1 Å². The number of hydrogen-bond acceptors (Lipinski definition) is 6. The Morgan fingerprint density at radius 1 is 1.16 bits per heavy atom. The minimum absolute atomic E-state index is 0.114. The lowest BCUT2D eigenvalue weighted by Gasteiger charge is -2.36. The number of thiazole rings is 1. The van der Waals surface area contributed by atoms with Gasteiger partial charge in [-0.1, -0.05) is 18.2 Å². The molecule has 6 nitrogen and oxygen atoms in total. The van der Waals surface area contributed by atoms with Gasteiger partial charge in [-0.05, 0) is 18.1 Å². The molecule has 32 heavy (non-hydrogen) atoms. The highest BCUT2D eigenvalue weighted by Gasteiger charge is 2.41. The Balaban J connectivity index is 1.24. The van der Waals surface area contributed by atoms with Crippen molar-refractivity contribution in [1.82, 2.24) is 14.8 Å². The Morgan fingerprint density at radius 2 is 1.88 bits per heavy atom. The third-order valence-electron chi connectivity index (χ3n) is 6.01. The summed E-state index contributed by atoms with van der Waals surface area (Å²) in [6, 6.07) is 6.55. The van der Waals surface area contributed by atoms with Gasteiger partial charge < -0.3 is 10.4 Å². The zero-order valence-electron chi connectivity index (χ0n) is 17.7. The summed E-state index contributed by atoms with van der Waals surface area (Å²) in [5, 5.41) is 14.1. The van der Waals surface area contributed by atoms with Gasteiger partial charge >= 0.3 is 0 Å². The number of likely N-dealkylation sites (tertiary alicyclic amines) is 2. The molecular formula is C22H27F3N4O2S. The number of benzene rings is 1. The number of anilines is 1. The number of nitrogens with one attached hydrogen (secondary N) is 1. The number of nitrogens with zero attached hydrogens (tertiary/aromatic N) is 3. The number of β-amino-alcohol motifs (C(OH)–C–C–N with tert-alkyl or cyclic N) is 1. The van der Waals surface area contributed by atoms with Gasteiger partial charge in [-0.25, -0.2) is 18.2 Å². The SMILES string of the molecule is O=C(CN1CC[C@](O)(CN2CCC(F)(F)CC2)C1)Nc1ncc(Cc2ccccc2F)s1. The smallest absolute Gasteiger partial charge is 0.250 e. The van der Waals surface area contributed by atoms with Crippen molar-refractivity contribution in [2.24, 2.45) is 0 Å². The standard InChI is InChI=1S/C22H27F3N4O2S/c23-18-4-2-1-3-16(18)11-17-12-26-20(32-17)27-19(30)13-29-8-5-21(31,15-29)14-28-9-6-22(24,25)7-10-28/h1-4,12,31H,5-11,13-15H2,(H,26,27,30)/t21-/m0/s1. The van der Waals surface area contributed by atoms with Crippen molar-refractivity contribution in [3.8, 4) is 0 Å². The first kappa shape index (κ1) is 23.2. The number of piperidine rings is 1. The Kier molecular flexibility index (Phi) is 6.85. The van der Waals surface area contributed by atoms with Crippen LogP contribution in [0.15, 0.2) is 30.5 Å². The summed E-state index contributed by atoms with van der Waals surface area (Å²) >= 11 is 1.30. The number of hydrogen-bond donors (Lipinski definition) is 2. The number of amides is 1. The molecule has 2 N–H and O–H groups in total. The highest BCUT2D eigenvalue weighted by molar-refractivity contribution is 7.15. The van der Waals surface area contributed by atoms with Crippen molar-refractivity contribution in [3.05, 3.63) is 46.7 Å². The molecule has 2 aromatic rings. The van der Waals surface area contributed by atoms with Crippen LogP contribution < -0.4 is 5.32 Å². The summed E-state index contributed by atoms with van der Waals surface area (Å²) < 4.78 is 40.5. The summed E-state index contributed by atoms with van der Waals surface area (Å²) in [6.07, 6.45) is 2.17. The van der Waals surface area contributed by atoms with Crippen LogP contribution in [0.2, 0.25) is 0 Å². The monoisotopic (exact) mass is 468 g/mol. The maximum Gasteiger partial charge on any atom is 0.250 e. The van der Waals surface area contributed by atoms with Crippen molar-refractivity contribution >= 4 is 22.4 Å². The molecule has 4 rings (SSSR count). The minimum Gasteiger partial charge on any atom is -0.387 e. The van der Waals surface area contributed by atoms with Crippen LogP contribution in [0, 0.1) is 5.82 Å². The molecule has 2 aliphatic rings. The van der Waals surface area contributed by atoms with Gasteiger partial charge in [-0.15, -0.1) is 11.3 Å². The predicted octanol–water partition coefficient (Wildman–Crippen LogP) is 2.98. The number of aliphatic hydroxyl groups is 1. The summed E-state index contributed by atoms with van der Waals surface area (Å²) in [5.41, 5.74) is -0.427. The molecule has 2 aliphatic heterocycles. The third kappa shape index (κ3) is 6.06. The van der Waals surface area contributed by atoms with Crippen molar-refractivity contribution in [2.45, 2.75) is 37.2 Å². The van der Waals surface area contributed by atoms with Crippen LogP contribution in [-0.4, -0.2) is 76.6 Å². The van der Waals surface area contributed by atoms with Crippen molar-refractivity contribution in [2.75, 3.05) is 44.6 Å². The van der Waals surface area contributed by atoms with Crippen LogP contribution >= 0.6 is 11.3 Å². The zero-order chi connectivity index (χ0) is 22.8. The van der Waals surface area contributed by atoms with Crippen LogP contribution in [0.25, 0.3) is 0 Å². The van der Waals surface area contributed by atoms with Gasteiger partial charge in [0.1, 0.15) is 5.82 Å². The van der Waals surface area contributed by atoms with Crippen molar-refractivity contribution in [1.29, 1.82) is 0 Å². The van der Waals surface area contributed by atoms with E-state index in [0.29, 0.717) is 43.2 Å². The molecule has 174 valence electrons. The van der Waals surface area contributed by atoms with E-state index < -0.39 is 11.5 Å². The molecule has 0 aliphatic carbocycles. The van der Waals surface area contributed by atoms with Gasteiger partial charge in [0.15, 0.2) is 5.13 Å². The highest BCUT2D eigenvalue weighted by atomic mass is 32.1. The van der Waals surface area contributed by atoms with Gasteiger partial charge in [0.25, 0.3) is 5.92 Å². The summed E-state index contributed by atoms with van der Waals surface area (Å²) in [6.45, 7) is 1.88. The molecule has 0 radical (unpaired) electrons. The van der Waals surface area contributed by atoms with E-state index in [-0.39, 0.29) is 44.2 Å². The Labute approximate surface area is 189 Å². The van der Waals surface area contributed by atoms with Gasteiger partial charge in [0.05, 0.1) is 12.1 Å². The lowest BCUT2D eigenvalue weighted by Crippen LogP contribution is -2.49. The second-order valence-electron chi connectivity index (χ2n) is 8.77. The van der Waals surface area contributed by atoms with Crippen LogP contribution in [0.3, 0.4) is 0 Å². The molecule has 0 saturated carbocycles. The van der Waals surface area contributed by atoms with E-state index in [4.69, 9.17) is 0 Å². The van der Waals surface area contributed by atoms with E-state index in [1.165, 1.54) is 17.4 Å². The highest BCUT2D eigenvalue weighted by Crippen LogP contribution is 2.30. The van der Waals surface area contributed by atoms with Crippen LogP contribution in [0.5, 0.6) is 0 Å². The predicted molar refractivity (Wildman–Crippen MR) is 117 cm³/mol. The molecule has 3 heterocycles. The number of alkyl halides is 2. The van der Waals surface area contributed by atoms with E-state index in [1.54, 1.807) is 24.4 Å². The Morgan fingerprint density at radius 3 is 2.62 bits per heavy atom. The summed E-state index contributed by atoms with van der Waals surface area (Å²) in [5.74, 6) is -3.12. The molecule has 10 heteroatoms. The van der Waals surface area contributed by atoms with Gasteiger partial charge in [0.2, 0.25) is 5.91 Å². The van der Waals surface area contributed by atoms with Gasteiger partial charge in [-0.3, -0.25) is 14.6 Å². The zero-order valence-corrected chi connectivity index (χ0v) is 18.5. The molecule has 1 atom stereocenters. The number of halogens is 3. The first-order chi connectivity index (χ1) is 15.2. The maximum absolute atomic E-state index is 13.8. The minimum atomic E-state index is -2.61. The first-order valence-corrected chi connectivity index (χ1v) is 11.5. The number of carbonyl (C=O) groups is 1. The third-order valence-corrected chi connectivity index (χ3v) is 6.92. The number of rotatable bonds is 7. The van der Waals surface area contributed by atoms with Crippen molar-refractivity contribution in [3.63, 3.8) is 0 Å². The molecule has 0 unspecified atom stereocenters. The van der Waals surface area contributed by atoms with Crippen LogP contribution in [0.1, 0.15) is 29.7 Å². The molecule has 1 aromatic heterocycles. The Bertz CT molecular complexity index is 947. The second-order valence-corrected chi connectivity index (χ2v) is 9.88. The summed E-state index contributed by atoms with van der Waals surface area (Å²) in [4.78, 5) is 21.2. The molecule has 2 fully saturated rings. The fourth-order valence-electron chi connectivity index (χ4n) is 4.30. The summed E-state index contributed by atoms with van der Waals surface area (Å²) in [7, 11) is 0. The Hall–Kier alpha value is -2.01. The quantitative estimate of drug-likeness (QED) is 0.654. The molecule has 1 aromatic carbocycles. The van der Waals surface area contributed by atoms with Crippen LogP contribution in [0.4, 0.5) is 18.3 Å². The lowest BCUT2D eigenvalue weighted by atomic mass is 10.00. The lowest BCUT2D eigenvalue weighted by molar-refractivity contribution is -0.117. The topological polar surface area (TPSA) is 68.7 Å². The average Bonchev–Trinajstić information content (AvgIpc) is 3.31. The molecule has 1 amide bonds. The second kappa shape index (κ2) is 9.46. The van der Waals surface area contributed by atoms with E-state index in [2.05, 4.69) is 10.3 Å². The van der Waals surface area contributed by atoms with E-state index in [0.717, 1.165) is 4.88 Å². The fraction of sp³-hybridized carbons (Fsp3) is 0.545. The molecule has 0 bridgehead atoms. The van der Waals surface area contributed by atoms with E-state index in [9.17, 15) is 23.1 Å². The molecular weight excluding hydrogens is 441 g/mol. The average molecular weight is 469 g/mol. The number of carbonyl (C=O) groups excluding carboxylic acids is 1. The normalized spacial score (nSPS) is 24.0. The molecule has 2 saturated heterocycles. The molecule has 0 spiro atoms.